The largest absolute Gasteiger partial charge is 0.480 e. The molecule has 386 valence electrons. The number of aliphatic carboxylic acids is 1. The molecule has 2 amide bonds. The number of nitrogens with one attached hydrogen (secondary N) is 2. The number of esters is 1. The first-order valence-electron chi connectivity index (χ1n) is 23.3. The van der Waals surface area contributed by atoms with Gasteiger partial charge in [-0.05, 0) is 95.1 Å². The number of hydrogen-bond acceptors (Lipinski definition) is 9. The molecule has 0 unspecified atom stereocenters. The molecular formula is C57H52Cl4N6O8. The minimum Gasteiger partial charge on any atom is -0.480 e. The maximum atomic E-state index is 13.1. The molecule has 0 aliphatic rings. The van der Waals surface area contributed by atoms with Gasteiger partial charge in [0.2, 0.25) is 0 Å². The van der Waals surface area contributed by atoms with E-state index in [0.717, 1.165) is 44.3 Å². The summed E-state index contributed by atoms with van der Waals surface area (Å²) < 4.78 is 8.16. The summed E-state index contributed by atoms with van der Waals surface area (Å²) >= 11 is 24.5. The van der Waals surface area contributed by atoms with Crippen LogP contribution in [0.15, 0.2) is 143 Å². The number of ether oxygens (including phenoxy) is 1. The third kappa shape index (κ3) is 12.5. The summed E-state index contributed by atoms with van der Waals surface area (Å²) in [5.74, 6) is -3.05. The molecule has 8 aromatic rings. The van der Waals surface area contributed by atoms with Crippen LogP contribution < -0.4 is 31.6 Å². The van der Waals surface area contributed by atoms with Gasteiger partial charge in [0.25, 0.3) is 22.9 Å². The monoisotopic (exact) mass is 1090 g/mol. The van der Waals surface area contributed by atoms with Crippen molar-refractivity contribution in [1.82, 2.24) is 19.8 Å². The number of rotatable bonds is 14. The number of amides is 2. The van der Waals surface area contributed by atoms with Crippen molar-refractivity contribution in [2.24, 2.45) is 14.1 Å². The Bertz CT molecular complexity index is 3580. The molecule has 14 nitrogen and oxygen atoms in total. The number of carboxylic acids is 1. The summed E-state index contributed by atoms with van der Waals surface area (Å²) in [6.45, 7) is 0. The molecule has 0 bridgehead atoms. The number of halogens is 4. The first-order valence-corrected chi connectivity index (χ1v) is 24.8. The number of hydrogen-bond donors (Lipinski definition) is 3. The number of anilines is 2. The van der Waals surface area contributed by atoms with E-state index < -0.39 is 35.8 Å². The fourth-order valence-corrected chi connectivity index (χ4v) is 9.59. The minimum atomic E-state index is -1.20. The Labute approximate surface area is 452 Å². The average molecular weight is 1090 g/mol. The summed E-state index contributed by atoms with van der Waals surface area (Å²) in [6, 6.07) is 37.2. The molecule has 0 saturated carbocycles. The van der Waals surface area contributed by atoms with E-state index in [-0.39, 0.29) is 55.2 Å². The van der Waals surface area contributed by atoms with Gasteiger partial charge in [-0.2, -0.15) is 0 Å². The summed E-state index contributed by atoms with van der Waals surface area (Å²) in [4.78, 5) is 80.1. The number of aryl methyl sites for hydroxylation is 2. The Balaban J connectivity index is 0.000000219. The maximum Gasteiger partial charge on any atom is 0.328 e. The predicted octanol–water partition coefficient (Wildman–Crippen LogP) is 10.1. The van der Waals surface area contributed by atoms with Gasteiger partial charge in [-0.3, -0.25) is 19.2 Å². The summed E-state index contributed by atoms with van der Waals surface area (Å²) in [7, 11) is 12.6. The number of aromatic nitrogens is 2. The van der Waals surface area contributed by atoms with Crippen LogP contribution in [0.5, 0.6) is 0 Å². The Kier molecular flexibility index (Phi) is 17.4. The van der Waals surface area contributed by atoms with Crippen LogP contribution in [0.2, 0.25) is 20.1 Å². The second-order valence-electron chi connectivity index (χ2n) is 18.0. The van der Waals surface area contributed by atoms with Crippen LogP contribution in [0.1, 0.15) is 31.8 Å². The van der Waals surface area contributed by atoms with E-state index in [2.05, 4.69) is 10.6 Å². The van der Waals surface area contributed by atoms with Crippen molar-refractivity contribution < 1.29 is 29.0 Å². The number of pyridine rings is 2. The van der Waals surface area contributed by atoms with Crippen LogP contribution >= 0.6 is 46.4 Å². The number of methoxy groups -OCH3 is 1. The third-order valence-corrected chi connectivity index (χ3v) is 13.9. The molecule has 0 aliphatic heterocycles. The number of carbonyl (C=O) groups is 4. The summed E-state index contributed by atoms with van der Waals surface area (Å²) in [5.41, 5.74) is 7.59. The zero-order valence-corrected chi connectivity index (χ0v) is 44.9. The molecule has 0 aliphatic carbocycles. The van der Waals surface area contributed by atoms with Crippen LogP contribution in [0.3, 0.4) is 0 Å². The van der Waals surface area contributed by atoms with E-state index in [4.69, 9.17) is 51.1 Å². The number of carboxylic acid groups (broad SMARTS) is 1. The highest BCUT2D eigenvalue weighted by Crippen LogP contribution is 2.29. The van der Waals surface area contributed by atoms with E-state index in [1.807, 2.05) is 111 Å². The van der Waals surface area contributed by atoms with Crippen molar-refractivity contribution in [3.63, 3.8) is 0 Å². The van der Waals surface area contributed by atoms with Crippen molar-refractivity contribution in [2.45, 2.75) is 24.9 Å². The molecule has 2 atom stereocenters. The second kappa shape index (κ2) is 23.7. The normalized spacial score (nSPS) is 11.8. The van der Waals surface area contributed by atoms with E-state index in [1.54, 1.807) is 71.8 Å². The number of fused-ring (bicyclic) bond motifs is 2. The van der Waals surface area contributed by atoms with Gasteiger partial charge >= 0.3 is 11.9 Å². The lowest BCUT2D eigenvalue weighted by molar-refractivity contribution is -0.143. The standard InChI is InChI=1S/C29H27Cl2N3O4.C28H25Cl2N3O4/c1-33(2)20-12-13-25-19(15-20)16-21(28(36)34(25)3)18-10-8-17(9-11-18)14-24(29(37)38-4)32-27(35)26-22(30)6-5-7-23(26)31;1-32(2)19-11-12-24-18(14-19)15-20(27(35)33(24)3)17-9-7-16(8-10-17)13-23(28(36)37)31-26(34)25-21(29)5-4-6-22(25)30/h5-13,15-16,24H,14H2,1-4H3,(H,32,35);4-12,14-15,23H,13H2,1-3H3,(H,31,34)(H,36,37)/t24-;23-/m00/s1. The smallest absolute Gasteiger partial charge is 0.328 e. The molecule has 2 aromatic heterocycles. The molecule has 8 rings (SSSR count). The summed E-state index contributed by atoms with van der Waals surface area (Å²) in [5, 5.41) is 17.4. The molecule has 2 heterocycles. The van der Waals surface area contributed by atoms with Gasteiger partial charge in [-0.25, -0.2) is 9.59 Å². The van der Waals surface area contributed by atoms with Gasteiger partial charge in [0.05, 0.1) is 49.4 Å². The highest BCUT2D eigenvalue weighted by molar-refractivity contribution is 6.40. The first-order chi connectivity index (χ1) is 35.7. The maximum absolute atomic E-state index is 13.1. The molecule has 0 spiro atoms. The van der Waals surface area contributed by atoms with Gasteiger partial charge in [-0.15, -0.1) is 0 Å². The van der Waals surface area contributed by atoms with Crippen LogP contribution in [0.4, 0.5) is 11.4 Å². The lowest BCUT2D eigenvalue weighted by Gasteiger charge is -2.18. The minimum absolute atomic E-state index is 0.0250. The van der Waals surface area contributed by atoms with Crippen molar-refractivity contribution in [1.29, 1.82) is 0 Å². The van der Waals surface area contributed by atoms with Gasteiger partial charge in [0, 0.05) is 88.4 Å². The number of nitrogens with zero attached hydrogens (tertiary/aromatic N) is 4. The molecule has 0 fully saturated rings. The third-order valence-electron chi connectivity index (χ3n) is 12.6. The fraction of sp³-hybridized carbons (Fsp3) is 0.193. The predicted molar refractivity (Wildman–Crippen MR) is 300 cm³/mol. The summed E-state index contributed by atoms with van der Waals surface area (Å²) in [6.07, 6.45) is 0.202. The quantitative estimate of drug-likeness (QED) is 0.0890. The Morgan fingerprint density at radius 3 is 1.25 bits per heavy atom. The van der Waals surface area contributed by atoms with E-state index in [9.17, 15) is 33.9 Å². The molecular weight excluding hydrogens is 1040 g/mol. The zero-order chi connectivity index (χ0) is 54.4. The highest BCUT2D eigenvalue weighted by Gasteiger charge is 2.26. The van der Waals surface area contributed by atoms with Crippen molar-refractivity contribution in [2.75, 3.05) is 45.1 Å². The van der Waals surface area contributed by atoms with Gasteiger partial charge in [-0.1, -0.05) is 107 Å². The Morgan fingerprint density at radius 2 is 0.907 bits per heavy atom. The van der Waals surface area contributed by atoms with E-state index in [1.165, 1.54) is 19.2 Å². The first kappa shape index (κ1) is 55.1. The lowest BCUT2D eigenvalue weighted by Crippen LogP contribution is -2.43. The van der Waals surface area contributed by atoms with Crippen molar-refractivity contribution in [3.8, 4) is 22.3 Å². The van der Waals surface area contributed by atoms with E-state index >= 15 is 0 Å². The Hall–Kier alpha value is -7.62. The van der Waals surface area contributed by atoms with Crippen molar-refractivity contribution >= 4 is 103 Å². The lowest BCUT2D eigenvalue weighted by atomic mass is 10.00. The number of benzene rings is 6. The molecule has 0 saturated heterocycles. The average Bonchev–Trinajstić information content (AvgIpc) is 3.38. The van der Waals surface area contributed by atoms with Crippen LogP contribution in [0.25, 0.3) is 44.1 Å². The fourth-order valence-electron chi connectivity index (χ4n) is 8.45. The molecule has 18 heteroatoms. The van der Waals surface area contributed by atoms with Crippen LogP contribution in [-0.2, 0) is 41.3 Å². The van der Waals surface area contributed by atoms with Gasteiger partial charge in [0.1, 0.15) is 12.1 Å². The Morgan fingerprint density at radius 1 is 0.547 bits per heavy atom. The SMILES string of the molecule is CN(C)c1ccc2c(c1)cc(-c1ccc(C[C@H](NC(=O)c3c(Cl)cccc3Cl)C(=O)O)cc1)c(=O)n2C.COC(=O)[C@H](Cc1ccc(-c2cc3cc(N(C)C)ccc3n(C)c2=O)cc1)NC(=O)c1c(Cl)cccc1Cl. The molecule has 75 heavy (non-hydrogen) atoms. The van der Waals surface area contributed by atoms with Crippen LogP contribution in [0, 0.1) is 0 Å². The van der Waals surface area contributed by atoms with Gasteiger partial charge < -0.3 is 39.4 Å². The number of carbonyl (C=O) groups excluding carboxylic acids is 3. The molecule has 6 aromatic carbocycles. The van der Waals surface area contributed by atoms with Crippen LogP contribution in [-0.4, -0.2) is 85.4 Å². The molecule has 0 radical (unpaired) electrons. The molecule has 3 N–H and O–H groups in total. The highest BCUT2D eigenvalue weighted by atomic mass is 35.5. The van der Waals surface area contributed by atoms with E-state index in [0.29, 0.717) is 22.3 Å². The topological polar surface area (TPSA) is 172 Å². The zero-order valence-electron chi connectivity index (χ0n) is 41.9. The second-order valence-corrected chi connectivity index (χ2v) is 19.7. The van der Waals surface area contributed by atoms with Gasteiger partial charge in [0.15, 0.2) is 0 Å². The van der Waals surface area contributed by atoms with Crippen molar-refractivity contribution in [3.05, 3.63) is 197 Å².